The quantitative estimate of drug-likeness (QED) is 0.0876. The summed E-state index contributed by atoms with van der Waals surface area (Å²) in [5.41, 5.74) is 1.89. The first-order valence-corrected chi connectivity index (χ1v) is 19.5. The van der Waals surface area contributed by atoms with Gasteiger partial charge in [-0.15, -0.1) is 0 Å². The van der Waals surface area contributed by atoms with Gasteiger partial charge in [-0.3, -0.25) is 19.2 Å². The average Bonchev–Trinajstić information content (AvgIpc) is 3.11. The van der Waals surface area contributed by atoms with Crippen molar-refractivity contribution in [2.75, 3.05) is 13.1 Å². The highest BCUT2D eigenvalue weighted by molar-refractivity contribution is 5.94. The third-order valence-corrected chi connectivity index (χ3v) is 9.16. The SMILES string of the molecule is CCCCCCCCN(CCCCCCCC)C(=O)[C@H](C)NC(=O)[C@@H](NC(=O)[C@H](Cc1ccc(OCc2ccccc2)cc1)NC(C)=O)C(C)C. The molecule has 2 rings (SSSR count). The number of nitrogens with zero attached hydrogens (tertiary/aromatic N) is 1. The van der Waals surface area contributed by atoms with Gasteiger partial charge in [0, 0.05) is 26.4 Å². The Hall–Kier alpha value is -3.88. The van der Waals surface area contributed by atoms with E-state index in [1.165, 1.54) is 58.3 Å². The lowest BCUT2D eigenvalue weighted by atomic mass is 10.0. The molecule has 0 aromatic heterocycles. The normalized spacial score (nSPS) is 12.8. The summed E-state index contributed by atoms with van der Waals surface area (Å²) in [6.45, 7) is 13.0. The molecule has 284 valence electrons. The minimum absolute atomic E-state index is 0.0911. The molecule has 0 heterocycles. The molecule has 0 aliphatic rings. The van der Waals surface area contributed by atoms with Crippen molar-refractivity contribution in [3.8, 4) is 5.75 Å². The highest BCUT2D eigenvalue weighted by Gasteiger charge is 2.31. The summed E-state index contributed by atoms with van der Waals surface area (Å²) in [7, 11) is 0. The first kappa shape index (κ1) is 43.3. The summed E-state index contributed by atoms with van der Waals surface area (Å²) in [6.07, 6.45) is 14.0. The Morgan fingerprint density at radius 2 is 1.20 bits per heavy atom. The lowest BCUT2D eigenvalue weighted by molar-refractivity contribution is -0.137. The van der Waals surface area contributed by atoms with Crippen LogP contribution in [0.2, 0.25) is 0 Å². The molecule has 9 nitrogen and oxygen atoms in total. The zero-order valence-corrected chi connectivity index (χ0v) is 32.3. The molecule has 2 aromatic carbocycles. The van der Waals surface area contributed by atoms with Gasteiger partial charge in [0.2, 0.25) is 23.6 Å². The van der Waals surface area contributed by atoms with Crippen molar-refractivity contribution in [3.05, 3.63) is 65.7 Å². The van der Waals surface area contributed by atoms with Crippen LogP contribution in [0.25, 0.3) is 0 Å². The van der Waals surface area contributed by atoms with E-state index in [1.807, 2.05) is 73.3 Å². The van der Waals surface area contributed by atoms with E-state index in [9.17, 15) is 19.2 Å². The van der Waals surface area contributed by atoms with E-state index < -0.39 is 29.9 Å². The van der Waals surface area contributed by atoms with Crippen molar-refractivity contribution in [1.29, 1.82) is 0 Å². The summed E-state index contributed by atoms with van der Waals surface area (Å²) in [5.74, 6) is -0.876. The molecule has 2 aromatic rings. The van der Waals surface area contributed by atoms with Crippen LogP contribution < -0.4 is 20.7 Å². The largest absolute Gasteiger partial charge is 0.489 e. The van der Waals surface area contributed by atoms with Gasteiger partial charge in [-0.25, -0.2) is 0 Å². The lowest BCUT2D eigenvalue weighted by Gasteiger charge is -2.29. The Labute approximate surface area is 308 Å². The van der Waals surface area contributed by atoms with E-state index >= 15 is 0 Å². The highest BCUT2D eigenvalue weighted by atomic mass is 16.5. The van der Waals surface area contributed by atoms with Gasteiger partial charge in [-0.2, -0.15) is 0 Å². The Kier molecular flexibility index (Phi) is 21.3. The maximum Gasteiger partial charge on any atom is 0.244 e. The Bertz CT molecular complexity index is 1270. The standard InChI is InChI=1S/C42H66N4O5/c1-7-9-11-13-15-20-28-46(29-21-16-14-12-10-8-2)42(50)33(5)43-41(49)39(32(3)4)45-40(48)38(44-34(6)47)30-35-24-26-37(27-25-35)51-31-36-22-18-17-19-23-36/h17-19,22-27,32-33,38-39H,7-16,20-21,28-31H2,1-6H3,(H,43,49)(H,44,47)(H,45,48)/t33-,38-,39-/m0/s1. The van der Waals surface area contributed by atoms with Gasteiger partial charge in [0.15, 0.2) is 0 Å². The lowest BCUT2D eigenvalue weighted by Crippen LogP contribution is -2.58. The van der Waals surface area contributed by atoms with Crippen molar-refractivity contribution < 1.29 is 23.9 Å². The first-order chi connectivity index (χ1) is 24.5. The summed E-state index contributed by atoms with van der Waals surface area (Å²) in [6, 6.07) is 14.8. The molecule has 0 saturated heterocycles. The molecule has 0 aliphatic heterocycles. The van der Waals surface area contributed by atoms with Crippen molar-refractivity contribution in [2.24, 2.45) is 5.92 Å². The van der Waals surface area contributed by atoms with Gasteiger partial charge >= 0.3 is 0 Å². The number of carbonyl (C=O) groups excluding carboxylic acids is 4. The summed E-state index contributed by atoms with van der Waals surface area (Å²) < 4.78 is 5.89. The van der Waals surface area contributed by atoms with Crippen LogP contribution in [0, 0.1) is 5.92 Å². The molecule has 0 bridgehead atoms. The van der Waals surface area contributed by atoms with Crippen LogP contribution in [0.3, 0.4) is 0 Å². The van der Waals surface area contributed by atoms with Gasteiger partial charge in [0.05, 0.1) is 0 Å². The van der Waals surface area contributed by atoms with Crippen molar-refractivity contribution in [1.82, 2.24) is 20.9 Å². The number of hydrogen-bond donors (Lipinski definition) is 3. The maximum atomic E-state index is 13.7. The van der Waals surface area contributed by atoms with Crippen LogP contribution in [0.5, 0.6) is 5.75 Å². The Morgan fingerprint density at radius 1 is 0.647 bits per heavy atom. The molecule has 0 saturated carbocycles. The number of carbonyl (C=O) groups is 4. The number of nitrogens with one attached hydrogen (secondary N) is 3. The summed E-state index contributed by atoms with van der Waals surface area (Å²) in [5, 5.41) is 8.51. The summed E-state index contributed by atoms with van der Waals surface area (Å²) in [4.78, 5) is 54.8. The van der Waals surface area contributed by atoms with Gasteiger partial charge < -0.3 is 25.6 Å². The van der Waals surface area contributed by atoms with Gasteiger partial charge in [-0.1, -0.05) is 134 Å². The van der Waals surface area contributed by atoms with Crippen LogP contribution in [0.1, 0.15) is 130 Å². The summed E-state index contributed by atoms with van der Waals surface area (Å²) >= 11 is 0. The van der Waals surface area contributed by atoms with Crippen LogP contribution >= 0.6 is 0 Å². The molecule has 0 unspecified atom stereocenters. The van der Waals surface area contributed by atoms with Crippen LogP contribution in [-0.4, -0.2) is 59.7 Å². The second kappa shape index (κ2) is 25.1. The third kappa shape index (κ3) is 17.7. The van der Waals surface area contributed by atoms with Gasteiger partial charge in [0.1, 0.15) is 30.5 Å². The molecule has 0 spiro atoms. The molecule has 0 aliphatic carbocycles. The molecule has 0 radical (unpaired) electrons. The molecule has 0 fully saturated rings. The zero-order valence-electron chi connectivity index (χ0n) is 32.3. The number of unbranched alkanes of at least 4 members (excludes halogenated alkanes) is 10. The number of rotatable bonds is 26. The molecular weight excluding hydrogens is 640 g/mol. The van der Waals surface area contributed by atoms with Crippen LogP contribution in [0.4, 0.5) is 0 Å². The molecule has 4 amide bonds. The van der Waals surface area contributed by atoms with Crippen molar-refractivity contribution in [3.63, 3.8) is 0 Å². The molecular formula is C42H66N4O5. The second-order valence-electron chi connectivity index (χ2n) is 14.2. The van der Waals surface area contributed by atoms with Crippen LogP contribution in [0.15, 0.2) is 54.6 Å². The fourth-order valence-corrected chi connectivity index (χ4v) is 6.08. The van der Waals surface area contributed by atoms with E-state index in [4.69, 9.17) is 4.74 Å². The highest BCUT2D eigenvalue weighted by Crippen LogP contribution is 2.16. The minimum atomic E-state index is -0.892. The number of ether oxygens (including phenoxy) is 1. The fraction of sp³-hybridized carbons (Fsp3) is 0.619. The predicted molar refractivity (Wildman–Crippen MR) is 206 cm³/mol. The van der Waals surface area contributed by atoms with Crippen molar-refractivity contribution >= 4 is 23.6 Å². The predicted octanol–water partition coefficient (Wildman–Crippen LogP) is 7.51. The molecule has 9 heteroatoms. The van der Waals surface area contributed by atoms with E-state index in [0.29, 0.717) is 25.4 Å². The van der Waals surface area contributed by atoms with E-state index in [-0.39, 0.29) is 24.2 Å². The molecule has 51 heavy (non-hydrogen) atoms. The second-order valence-corrected chi connectivity index (χ2v) is 14.2. The molecule has 3 N–H and O–H groups in total. The van der Waals surface area contributed by atoms with E-state index in [1.54, 1.807) is 6.92 Å². The topological polar surface area (TPSA) is 117 Å². The fourth-order valence-electron chi connectivity index (χ4n) is 6.08. The van der Waals surface area contributed by atoms with Crippen LogP contribution in [-0.2, 0) is 32.2 Å². The Morgan fingerprint density at radius 3 is 1.73 bits per heavy atom. The van der Waals surface area contributed by atoms with Gasteiger partial charge in [-0.05, 0) is 48.9 Å². The minimum Gasteiger partial charge on any atom is -0.489 e. The maximum absolute atomic E-state index is 13.7. The number of hydrogen-bond acceptors (Lipinski definition) is 5. The average molecular weight is 707 g/mol. The Balaban J connectivity index is 2.02. The van der Waals surface area contributed by atoms with Crippen molar-refractivity contribution in [2.45, 2.75) is 150 Å². The number of benzene rings is 2. The first-order valence-electron chi connectivity index (χ1n) is 19.5. The van der Waals surface area contributed by atoms with E-state index in [0.717, 1.165) is 36.8 Å². The smallest absolute Gasteiger partial charge is 0.244 e. The van der Waals surface area contributed by atoms with E-state index in [2.05, 4.69) is 29.8 Å². The molecule has 3 atom stereocenters. The third-order valence-electron chi connectivity index (χ3n) is 9.16. The van der Waals surface area contributed by atoms with Gasteiger partial charge in [0.25, 0.3) is 0 Å². The zero-order chi connectivity index (χ0) is 37.4. The number of amides is 4. The monoisotopic (exact) mass is 707 g/mol.